The maximum Gasteiger partial charge on any atom is 0.267 e. The lowest BCUT2D eigenvalue weighted by molar-refractivity contribution is 0.232. The normalized spacial score (nSPS) is 11.3. The summed E-state index contributed by atoms with van der Waals surface area (Å²) in [4.78, 5) is 0. The van der Waals surface area contributed by atoms with Crippen LogP contribution in [-0.4, -0.2) is 0 Å². The predicted molar refractivity (Wildman–Crippen MR) is 97.5 cm³/mol. The molecule has 0 spiro atoms. The minimum atomic E-state index is 0.160. The summed E-state index contributed by atoms with van der Waals surface area (Å²) in [6, 6.07) is 29.5. The highest BCUT2D eigenvalue weighted by atomic mass is 16.7. The Bertz CT molecular complexity index is 698. The number of hydrogen-bond donors (Lipinski definition) is 0. The first-order valence-corrected chi connectivity index (χ1v) is 8.01. The van der Waals surface area contributed by atoms with E-state index in [1.54, 1.807) is 0 Å². The molecular formula is C22H23O+. The third-order valence-electron chi connectivity index (χ3n) is 3.91. The summed E-state index contributed by atoms with van der Waals surface area (Å²) >= 11 is 0. The lowest BCUT2D eigenvalue weighted by Crippen LogP contribution is -2.11. The summed E-state index contributed by atoms with van der Waals surface area (Å²) in [5, 5.41) is 0. The standard InChI is InChI=1S/C22H23O/c1-22(2,3)18-14-16-21(17-15-18)23(19-10-6-4-7-11-19)20-12-8-5-9-13-20/h4-17H,1-3H3/q+1. The van der Waals surface area contributed by atoms with Crippen molar-refractivity contribution in [1.82, 2.24) is 0 Å². The van der Waals surface area contributed by atoms with Gasteiger partial charge in [-0.1, -0.05) is 57.2 Å². The van der Waals surface area contributed by atoms with Crippen LogP contribution in [0.5, 0.6) is 17.2 Å². The average molecular weight is 303 g/mol. The van der Waals surface area contributed by atoms with Gasteiger partial charge in [-0.15, -0.1) is 0 Å². The third kappa shape index (κ3) is 3.45. The van der Waals surface area contributed by atoms with Crippen LogP contribution in [0.1, 0.15) is 26.3 Å². The van der Waals surface area contributed by atoms with Gasteiger partial charge in [-0.2, -0.15) is 0 Å². The Balaban J connectivity index is 2.06. The minimum Gasteiger partial charge on any atom is -0.499 e. The predicted octanol–water partition coefficient (Wildman–Crippen LogP) is 6.73. The van der Waals surface area contributed by atoms with Gasteiger partial charge in [0.25, 0.3) is 17.2 Å². The maximum atomic E-state index is 3.28. The average Bonchev–Trinajstić information content (AvgIpc) is 2.57. The number of benzene rings is 3. The molecule has 0 bridgehead atoms. The van der Waals surface area contributed by atoms with Crippen LogP contribution >= 0.6 is 0 Å². The van der Waals surface area contributed by atoms with E-state index in [0.29, 0.717) is 0 Å². The molecule has 0 heterocycles. The molecule has 3 aromatic carbocycles. The van der Waals surface area contributed by atoms with E-state index in [0.717, 1.165) is 17.2 Å². The van der Waals surface area contributed by atoms with Crippen LogP contribution in [-0.2, 0) is 5.41 Å². The van der Waals surface area contributed by atoms with Crippen molar-refractivity contribution in [3.63, 3.8) is 0 Å². The van der Waals surface area contributed by atoms with Crippen LogP contribution in [0.4, 0.5) is 0 Å². The van der Waals surface area contributed by atoms with Crippen LogP contribution in [0.2, 0.25) is 0 Å². The zero-order valence-electron chi connectivity index (χ0n) is 14.0. The molecule has 0 aromatic heterocycles. The minimum absolute atomic E-state index is 0.160. The topological polar surface area (TPSA) is 2.70 Å². The van der Waals surface area contributed by atoms with Gasteiger partial charge in [-0.05, 0) is 23.1 Å². The largest absolute Gasteiger partial charge is 0.499 e. The van der Waals surface area contributed by atoms with Gasteiger partial charge in [0.2, 0.25) is 0 Å². The number of rotatable bonds is 3. The van der Waals surface area contributed by atoms with Crippen LogP contribution in [0.25, 0.3) is 0 Å². The summed E-state index contributed by atoms with van der Waals surface area (Å²) in [5.41, 5.74) is 1.50. The fourth-order valence-corrected chi connectivity index (χ4v) is 2.61. The molecule has 3 rings (SSSR count). The quantitative estimate of drug-likeness (QED) is 0.472. The number of para-hydroxylation sites is 2. The lowest BCUT2D eigenvalue weighted by Gasteiger charge is -2.24. The van der Waals surface area contributed by atoms with Crippen molar-refractivity contribution >= 4 is 0 Å². The summed E-state index contributed by atoms with van der Waals surface area (Å²) in [6.45, 7) is 6.71. The SMILES string of the molecule is CC(C)(C)c1ccc([O+](c2ccccc2)c2ccccc2)cc1. The van der Waals surface area contributed by atoms with Gasteiger partial charge in [0.05, 0.1) is 0 Å². The molecule has 116 valence electrons. The van der Waals surface area contributed by atoms with Crippen molar-refractivity contribution in [2.45, 2.75) is 26.2 Å². The van der Waals surface area contributed by atoms with Crippen LogP contribution in [0.15, 0.2) is 84.9 Å². The second kappa shape index (κ2) is 6.29. The van der Waals surface area contributed by atoms with Crippen LogP contribution < -0.4 is 4.37 Å². The smallest absolute Gasteiger partial charge is 0.267 e. The molecule has 1 nitrogen and oxygen atoms in total. The molecule has 0 atom stereocenters. The van der Waals surface area contributed by atoms with E-state index in [9.17, 15) is 0 Å². The number of hydrogen-bond acceptors (Lipinski definition) is 0. The summed E-state index contributed by atoms with van der Waals surface area (Å²) in [5.74, 6) is 3.26. The van der Waals surface area contributed by atoms with E-state index in [4.69, 9.17) is 0 Å². The molecule has 0 saturated carbocycles. The van der Waals surface area contributed by atoms with Gasteiger partial charge >= 0.3 is 0 Å². The highest BCUT2D eigenvalue weighted by Gasteiger charge is 2.20. The van der Waals surface area contributed by atoms with E-state index in [2.05, 4.69) is 97.9 Å². The molecule has 23 heavy (non-hydrogen) atoms. The van der Waals surface area contributed by atoms with E-state index >= 15 is 0 Å². The molecule has 3 aromatic rings. The van der Waals surface area contributed by atoms with Crippen LogP contribution in [0.3, 0.4) is 0 Å². The monoisotopic (exact) mass is 303 g/mol. The fraction of sp³-hybridized carbons (Fsp3) is 0.182. The Hall–Kier alpha value is -2.54. The second-order valence-corrected chi connectivity index (χ2v) is 6.71. The highest BCUT2D eigenvalue weighted by molar-refractivity contribution is 5.44. The van der Waals surface area contributed by atoms with Crippen molar-refractivity contribution in [1.29, 1.82) is 0 Å². The first kappa shape index (κ1) is 15.4. The maximum absolute atomic E-state index is 3.28. The molecule has 0 aliphatic heterocycles. The van der Waals surface area contributed by atoms with E-state index in [-0.39, 0.29) is 5.41 Å². The molecular weight excluding hydrogens is 280 g/mol. The Kier molecular flexibility index (Phi) is 4.20. The van der Waals surface area contributed by atoms with Gasteiger partial charge in [0, 0.05) is 36.4 Å². The van der Waals surface area contributed by atoms with Gasteiger partial charge in [0.15, 0.2) is 0 Å². The Labute approximate surface area is 138 Å². The molecule has 0 fully saturated rings. The lowest BCUT2D eigenvalue weighted by atomic mass is 9.87. The molecule has 0 amide bonds. The molecule has 0 aliphatic carbocycles. The Morgan fingerprint density at radius 2 is 0.913 bits per heavy atom. The van der Waals surface area contributed by atoms with Crippen molar-refractivity contribution < 1.29 is 4.37 Å². The van der Waals surface area contributed by atoms with Gasteiger partial charge in [0.1, 0.15) is 0 Å². The fourth-order valence-electron chi connectivity index (χ4n) is 2.61. The van der Waals surface area contributed by atoms with E-state index in [1.807, 2.05) is 12.1 Å². The zero-order chi connectivity index (χ0) is 16.3. The van der Waals surface area contributed by atoms with E-state index in [1.165, 1.54) is 5.56 Å². The zero-order valence-corrected chi connectivity index (χ0v) is 14.0. The molecule has 0 N–H and O–H groups in total. The third-order valence-corrected chi connectivity index (χ3v) is 3.91. The van der Waals surface area contributed by atoms with Gasteiger partial charge in [-0.25, -0.2) is 0 Å². The van der Waals surface area contributed by atoms with Crippen LogP contribution in [0, 0.1) is 0 Å². The summed E-state index contributed by atoms with van der Waals surface area (Å²) in [6.07, 6.45) is 0. The van der Waals surface area contributed by atoms with E-state index < -0.39 is 0 Å². The molecule has 0 radical (unpaired) electrons. The van der Waals surface area contributed by atoms with Crippen molar-refractivity contribution in [2.75, 3.05) is 0 Å². The van der Waals surface area contributed by atoms with Crippen molar-refractivity contribution in [2.24, 2.45) is 0 Å². The Morgan fingerprint density at radius 3 is 1.30 bits per heavy atom. The molecule has 0 unspecified atom stereocenters. The Morgan fingerprint density at radius 1 is 0.522 bits per heavy atom. The van der Waals surface area contributed by atoms with Crippen molar-refractivity contribution in [3.05, 3.63) is 90.5 Å². The molecule has 0 saturated heterocycles. The van der Waals surface area contributed by atoms with Gasteiger partial charge in [-0.3, -0.25) is 0 Å². The van der Waals surface area contributed by atoms with Gasteiger partial charge < -0.3 is 4.37 Å². The molecule has 0 aliphatic rings. The highest BCUT2D eigenvalue weighted by Crippen LogP contribution is 2.39. The summed E-state index contributed by atoms with van der Waals surface area (Å²) < 4.78 is 3.28. The van der Waals surface area contributed by atoms with Crippen molar-refractivity contribution in [3.8, 4) is 17.2 Å². The first-order chi connectivity index (χ1) is 11.1. The molecule has 1 heteroatoms. The first-order valence-electron chi connectivity index (χ1n) is 8.01. The summed E-state index contributed by atoms with van der Waals surface area (Å²) in [7, 11) is 0. The second-order valence-electron chi connectivity index (χ2n) is 6.71.